The molecule has 0 unspecified atom stereocenters. The molecular weight excluding hydrogens is 440 g/mol. The van der Waals surface area contributed by atoms with E-state index in [1.807, 2.05) is 0 Å². The second kappa shape index (κ2) is 8.44. The van der Waals surface area contributed by atoms with Crippen molar-refractivity contribution in [3.63, 3.8) is 0 Å². The zero-order chi connectivity index (χ0) is 22.1. The zero-order valence-electron chi connectivity index (χ0n) is 16.0. The molecule has 3 aromatic rings. The molecule has 0 spiro atoms. The Kier molecular flexibility index (Phi) is 6.13. The molecule has 1 N–H and O–H groups in total. The molecule has 158 valence electrons. The molecule has 30 heavy (non-hydrogen) atoms. The van der Waals surface area contributed by atoms with E-state index >= 15 is 0 Å². The van der Waals surface area contributed by atoms with Crippen LogP contribution in [-0.4, -0.2) is 34.6 Å². The van der Waals surface area contributed by atoms with Crippen molar-refractivity contribution in [2.75, 3.05) is 11.0 Å². The number of hydrogen-bond acceptors (Lipinski definition) is 7. The van der Waals surface area contributed by atoms with Gasteiger partial charge in [-0.05, 0) is 32.0 Å². The summed E-state index contributed by atoms with van der Waals surface area (Å²) in [4.78, 5) is 15.8. The van der Waals surface area contributed by atoms with Gasteiger partial charge in [-0.25, -0.2) is 32.2 Å². The standard InChI is InChI=1S/C18H16ClF2N5O3S/c1-9-15(10(2)24-17(23-9)16(20)21)29-18-14(26-30(3,27)28)5-4-13(25-18)11-6-12(19)8-22-7-11/h4-8,16,26H,1-3H3. The number of sulfonamides is 1. The van der Waals surface area contributed by atoms with Crippen LogP contribution in [-0.2, 0) is 10.0 Å². The second-order valence-corrected chi connectivity index (χ2v) is 8.48. The summed E-state index contributed by atoms with van der Waals surface area (Å²) in [7, 11) is -3.65. The first-order valence-electron chi connectivity index (χ1n) is 8.44. The smallest absolute Gasteiger partial charge is 0.297 e. The molecule has 0 aliphatic carbocycles. The van der Waals surface area contributed by atoms with Crippen LogP contribution in [0.4, 0.5) is 14.5 Å². The Morgan fingerprint density at radius 2 is 1.77 bits per heavy atom. The van der Waals surface area contributed by atoms with Gasteiger partial charge in [0.15, 0.2) is 11.6 Å². The highest BCUT2D eigenvalue weighted by atomic mass is 35.5. The molecule has 0 aliphatic heterocycles. The number of pyridine rings is 2. The van der Waals surface area contributed by atoms with Crippen molar-refractivity contribution in [3.8, 4) is 22.9 Å². The number of nitrogens with zero attached hydrogens (tertiary/aromatic N) is 4. The summed E-state index contributed by atoms with van der Waals surface area (Å²) in [5.74, 6) is -0.652. The molecule has 12 heteroatoms. The number of hydrogen-bond donors (Lipinski definition) is 1. The van der Waals surface area contributed by atoms with Gasteiger partial charge in [0.05, 0.1) is 28.4 Å². The maximum atomic E-state index is 12.9. The maximum Gasteiger partial charge on any atom is 0.297 e. The van der Waals surface area contributed by atoms with Gasteiger partial charge in [0, 0.05) is 18.0 Å². The van der Waals surface area contributed by atoms with Gasteiger partial charge in [-0.15, -0.1) is 0 Å². The third-order valence-corrected chi connectivity index (χ3v) is 4.57. The minimum atomic E-state index is -3.65. The normalized spacial score (nSPS) is 11.6. The highest BCUT2D eigenvalue weighted by Crippen LogP contribution is 2.34. The highest BCUT2D eigenvalue weighted by molar-refractivity contribution is 7.92. The SMILES string of the molecule is Cc1nc(C(F)F)nc(C)c1Oc1nc(-c2cncc(Cl)c2)ccc1NS(C)(=O)=O. The van der Waals surface area contributed by atoms with Crippen molar-refractivity contribution in [1.82, 2.24) is 19.9 Å². The van der Waals surface area contributed by atoms with E-state index in [0.29, 0.717) is 16.3 Å². The largest absolute Gasteiger partial charge is 0.433 e. The Bertz CT molecular complexity index is 1190. The van der Waals surface area contributed by atoms with E-state index in [1.165, 1.54) is 32.3 Å². The number of anilines is 1. The lowest BCUT2D eigenvalue weighted by Gasteiger charge is -2.15. The first-order valence-corrected chi connectivity index (χ1v) is 10.7. The zero-order valence-corrected chi connectivity index (χ0v) is 17.6. The van der Waals surface area contributed by atoms with Crippen LogP contribution < -0.4 is 9.46 Å². The molecule has 0 atom stereocenters. The quantitative estimate of drug-likeness (QED) is 0.590. The molecule has 0 bridgehead atoms. The van der Waals surface area contributed by atoms with Crippen LogP contribution in [0.5, 0.6) is 11.6 Å². The lowest BCUT2D eigenvalue weighted by atomic mass is 10.2. The third-order valence-electron chi connectivity index (χ3n) is 3.77. The van der Waals surface area contributed by atoms with Gasteiger partial charge in [-0.1, -0.05) is 11.6 Å². The molecule has 3 aromatic heterocycles. The van der Waals surface area contributed by atoms with E-state index < -0.39 is 22.3 Å². The molecule has 0 saturated heterocycles. The molecular formula is C18H16ClF2N5O3S. The first kappa shape index (κ1) is 21.8. The second-order valence-electron chi connectivity index (χ2n) is 6.30. The molecule has 0 radical (unpaired) electrons. The summed E-state index contributed by atoms with van der Waals surface area (Å²) < 4.78 is 57.4. The van der Waals surface area contributed by atoms with E-state index in [4.69, 9.17) is 16.3 Å². The first-order chi connectivity index (χ1) is 14.0. The van der Waals surface area contributed by atoms with Crippen LogP contribution in [0.25, 0.3) is 11.3 Å². The van der Waals surface area contributed by atoms with Crippen LogP contribution in [0.3, 0.4) is 0 Å². The predicted molar refractivity (Wildman–Crippen MR) is 107 cm³/mol. The van der Waals surface area contributed by atoms with Crippen molar-refractivity contribution >= 4 is 27.3 Å². The van der Waals surface area contributed by atoms with E-state index in [9.17, 15) is 17.2 Å². The summed E-state index contributed by atoms with van der Waals surface area (Å²) in [6.45, 7) is 2.95. The van der Waals surface area contributed by atoms with E-state index in [-0.39, 0.29) is 28.7 Å². The van der Waals surface area contributed by atoms with Crippen molar-refractivity contribution in [2.45, 2.75) is 20.3 Å². The van der Waals surface area contributed by atoms with Gasteiger partial charge in [0.25, 0.3) is 6.43 Å². The number of rotatable bonds is 6. The average Bonchev–Trinajstić information content (AvgIpc) is 2.64. The Morgan fingerprint density at radius 3 is 2.33 bits per heavy atom. The van der Waals surface area contributed by atoms with Crippen LogP contribution in [0.1, 0.15) is 23.6 Å². The molecule has 3 rings (SSSR count). The number of nitrogens with one attached hydrogen (secondary N) is 1. The number of aryl methyl sites for hydroxylation is 2. The van der Waals surface area contributed by atoms with Crippen LogP contribution >= 0.6 is 11.6 Å². The van der Waals surface area contributed by atoms with Crippen LogP contribution in [0.15, 0.2) is 30.6 Å². The number of halogens is 3. The van der Waals surface area contributed by atoms with Gasteiger partial charge in [-0.2, -0.15) is 0 Å². The van der Waals surface area contributed by atoms with Crippen molar-refractivity contribution in [1.29, 1.82) is 0 Å². The molecule has 8 nitrogen and oxygen atoms in total. The topological polar surface area (TPSA) is 107 Å². The minimum absolute atomic E-state index is 0.0490. The lowest BCUT2D eigenvalue weighted by Crippen LogP contribution is -2.12. The molecule has 0 fully saturated rings. The fourth-order valence-corrected chi connectivity index (χ4v) is 3.31. The lowest BCUT2D eigenvalue weighted by molar-refractivity contribution is 0.139. The van der Waals surface area contributed by atoms with E-state index in [1.54, 1.807) is 12.1 Å². The maximum absolute atomic E-state index is 12.9. The van der Waals surface area contributed by atoms with Crippen molar-refractivity contribution < 1.29 is 21.9 Å². The number of ether oxygens (including phenoxy) is 1. The Morgan fingerprint density at radius 1 is 1.10 bits per heavy atom. The van der Waals surface area contributed by atoms with Gasteiger partial charge in [-0.3, -0.25) is 9.71 Å². The monoisotopic (exact) mass is 455 g/mol. The number of alkyl halides is 2. The highest BCUT2D eigenvalue weighted by Gasteiger charge is 2.20. The van der Waals surface area contributed by atoms with Gasteiger partial charge in [0.1, 0.15) is 5.69 Å². The number of aromatic nitrogens is 4. The minimum Gasteiger partial charge on any atom is -0.433 e. The fraction of sp³-hybridized carbons (Fsp3) is 0.222. The third kappa shape index (κ3) is 5.16. The van der Waals surface area contributed by atoms with Crippen LogP contribution in [0, 0.1) is 13.8 Å². The van der Waals surface area contributed by atoms with Crippen LogP contribution in [0.2, 0.25) is 5.02 Å². The van der Waals surface area contributed by atoms with Gasteiger partial charge >= 0.3 is 0 Å². The Hall–Kier alpha value is -2.92. The summed E-state index contributed by atoms with van der Waals surface area (Å²) >= 11 is 5.97. The summed E-state index contributed by atoms with van der Waals surface area (Å²) in [5, 5.41) is 0.387. The fourth-order valence-electron chi connectivity index (χ4n) is 2.58. The summed E-state index contributed by atoms with van der Waals surface area (Å²) in [5.41, 5.74) is 1.32. The van der Waals surface area contributed by atoms with Crippen molar-refractivity contribution in [3.05, 3.63) is 52.8 Å². The molecule has 3 heterocycles. The molecule has 0 aliphatic rings. The predicted octanol–water partition coefficient (Wildman–Crippen LogP) is 4.31. The Labute approximate surface area is 176 Å². The van der Waals surface area contributed by atoms with Gasteiger partial charge in [0.2, 0.25) is 15.9 Å². The molecule has 0 aromatic carbocycles. The Balaban J connectivity index is 2.10. The molecule has 0 saturated carbocycles. The summed E-state index contributed by atoms with van der Waals surface area (Å²) in [6.07, 6.45) is 1.12. The molecule has 0 amide bonds. The summed E-state index contributed by atoms with van der Waals surface area (Å²) in [6, 6.07) is 4.64. The van der Waals surface area contributed by atoms with E-state index in [0.717, 1.165) is 6.26 Å². The van der Waals surface area contributed by atoms with Crippen molar-refractivity contribution in [2.24, 2.45) is 0 Å². The van der Waals surface area contributed by atoms with E-state index in [2.05, 4.69) is 24.7 Å². The van der Waals surface area contributed by atoms with Gasteiger partial charge < -0.3 is 4.74 Å². The average molecular weight is 456 g/mol.